The maximum atomic E-state index is 8.51. The van der Waals surface area contributed by atoms with Gasteiger partial charge in [0.25, 0.3) is 0 Å². The summed E-state index contributed by atoms with van der Waals surface area (Å²) >= 11 is 0. The van der Waals surface area contributed by atoms with E-state index in [1.807, 2.05) is 0 Å². The molecule has 1 atom stereocenters. The Balaban J connectivity index is 3.21. The average Bonchev–Trinajstić information content (AvgIpc) is 1.98. The van der Waals surface area contributed by atoms with E-state index in [1.54, 1.807) is 0 Å². The van der Waals surface area contributed by atoms with E-state index in [-0.39, 0.29) is 19.3 Å². The summed E-state index contributed by atoms with van der Waals surface area (Å²) in [5, 5.41) is 19.9. The zero-order valence-electron chi connectivity index (χ0n) is 6.08. The molecule has 0 saturated heterocycles. The predicted octanol–water partition coefficient (Wildman–Crippen LogP) is -1.72. The fourth-order valence-corrected chi connectivity index (χ4v) is 0.728. The molecule has 0 aliphatic rings. The summed E-state index contributed by atoms with van der Waals surface area (Å²) in [6, 6.07) is 0.136. The molecule has 4 heteroatoms. The highest BCUT2D eigenvalue weighted by Gasteiger charge is 2.02. The minimum Gasteiger partial charge on any atom is -0.396 e. The summed E-state index contributed by atoms with van der Waals surface area (Å²) in [5.74, 6) is 0. The summed E-state index contributed by atoms with van der Waals surface area (Å²) in [5.41, 5.74) is 5.34. The van der Waals surface area contributed by atoms with E-state index in [2.05, 4.69) is 5.32 Å². The number of aliphatic hydroxyl groups excluding tert-OH is 2. The topological polar surface area (TPSA) is 78.5 Å². The first-order valence-electron chi connectivity index (χ1n) is 3.50. The summed E-state index contributed by atoms with van der Waals surface area (Å²) in [7, 11) is 0. The minimum atomic E-state index is 0.113. The van der Waals surface area contributed by atoms with Gasteiger partial charge >= 0.3 is 0 Å². The average molecular weight is 148 g/mol. The van der Waals surface area contributed by atoms with Gasteiger partial charge in [0.05, 0.1) is 6.61 Å². The Morgan fingerprint density at radius 3 is 2.40 bits per heavy atom. The van der Waals surface area contributed by atoms with Crippen molar-refractivity contribution in [3.8, 4) is 0 Å². The van der Waals surface area contributed by atoms with E-state index >= 15 is 0 Å². The summed E-state index contributed by atoms with van der Waals surface area (Å²) in [6.45, 7) is 1.30. The lowest BCUT2D eigenvalue weighted by atomic mass is 10.2. The molecule has 0 aromatic heterocycles. The molecule has 0 aliphatic carbocycles. The predicted molar refractivity (Wildman–Crippen MR) is 39.6 cm³/mol. The summed E-state index contributed by atoms with van der Waals surface area (Å²) in [4.78, 5) is 0. The molecule has 4 nitrogen and oxygen atoms in total. The highest BCUT2D eigenvalue weighted by molar-refractivity contribution is 4.65. The fourth-order valence-electron chi connectivity index (χ4n) is 0.728. The molecule has 0 spiro atoms. The Labute approximate surface area is 61.0 Å². The first-order valence-corrected chi connectivity index (χ1v) is 3.50. The van der Waals surface area contributed by atoms with Crippen LogP contribution in [0.2, 0.25) is 0 Å². The Morgan fingerprint density at radius 1 is 1.30 bits per heavy atom. The van der Waals surface area contributed by atoms with Gasteiger partial charge in [0.1, 0.15) is 0 Å². The molecule has 0 amide bonds. The fraction of sp³-hybridized carbons (Fsp3) is 1.00. The quantitative estimate of drug-likeness (QED) is 0.361. The zero-order chi connectivity index (χ0) is 7.82. The van der Waals surface area contributed by atoms with Gasteiger partial charge < -0.3 is 21.3 Å². The van der Waals surface area contributed by atoms with Crippen molar-refractivity contribution in [1.29, 1.82) is 0 Å². The van der Waals surface area contributed by atoms with Gasteiger partial charge in [-0.2, -0.15) is 0 Å². The van der Waals surface area contributed by atoms with Crippen LogP contribution in [0.1, 0.15) is 6.42 Å². The second-order valence-corrected chi connectivity index (χ2v) is 2.12. The Morgan fingerprint density at radius 2 is 2.00 bits per heavy atom. The van der Waals surface area contributed by atoms with Crippen molar-refractivity contribution in [2.75, 3.05) is 26.3 Å². The van der Waals surface area contributed by atoms with Gasteiger partial charge in [-0.05, 0) is 6.42 Å². The van der Waals surface area contributed by atoms with Crippen molar-refractivity contribution in [3.05, 3.63) is 0 Å². The van der Waals surface area contributed by atoms with Gasteiger partial charge in [-0.1, -0.05) is 0 Å². The van der Waals surface area contributed by atoms with Gasteiger partial charge in [-0.15, -0.1) is 0 Å². The first-order chi connectivity index (χ1) is 4.85. The number of aliphatic hydroxyl groups is 2. The largest absolute Gasteiger partial charge is 0.396 e. The molecule has 5 N–H and O–H groups in total. The van der Waals surface area contributed by atoms with Crippen LogP contribution in [0.5, 0.6) is 0 Å². The lowest BCUT2D eigenvalue weighted by Gasteiger charge is -2.13. The third kappa shape index (κ3) is 4.69. The SMILES string of the molecule is NCC(CCO)NCCO. The Bertz CT molecular complexity index is 70.8. The number of hydrogen-bond acceptors (Lipinski definition) is 4. The van der Waals surface area contributed by atoms with Gasteiger partial charge in [-0.25, -0.2) is 0 Å². The van der Waals surface area contributed by atoms with Crippen molar-refractivity contribution in [2.45, 2.75) is 12.5 Å². The molecular weight excluding hydrogens is 132 g/mol. The summed E-state index contributed by atoms with van der Waals surface area (Å²) < 4.78 is 0. The Hall–Kier alpha value is -0.160. The van der Waals surface area contributed by atoms with E-state index in [0.717, 1.165) is 0 Å². The van der Waals surface area contributed by atoms with E-state index in [9.17, 15) is 0 Å². The molecule has 0 aromatic rings. The lowest BCUT2D eigenvalue weighted by Crippen LogP contribution is -2.38. The van der Waals surface area contributed by atoms with Crippen LogP contribution in [-0.4, -0.2) is 42.6 Å². The molecule has 0 heterocycles. The van der Waals surface area contributed by atoms with Gasteiger partial charge in [0.2, 0.25) is 0 Å². The van der Waals surface area contributed by atoms with Gasteiger partial charge in [0, 0.05) is 25.7 Å². The molecule has 0 aliphatic heterocycles. The van der Waals surface area contributed by atoms with E-state index in [0.29, 0.717) is 19.5 Å². The highest BCUT2D eigenvalue weighted by atomic mass is 16.3. The van der Waals surface area contributed by atoms with Crippen molar-refractivity contribution >= 4 is 0 Å². The number of nitrogens with one attached hydrogen (secondary N) is 1. The van der Waals surface area contributed by atoms with Crippen molar-refractivity contribution in [3.63, 3.8) is 0 Å². The van der Waals surface area contributed by atoms with E-state index in [1.165, 1.54) is 0 Å². The van der Waals surface area contributed by atoms with Crippen LogP contribution in [0.3, 0.4) is 0 Å². The molecule has 0 saturated carbocycles. The second-order valence-electron chi connectivity index (χ2n) is 2.12. The van der Waals surface area contributed by atoms with Crippen LogP contribution in [-0.2, 0) is 0 Å². The summed E-state index contributed by atoms with van der Waals surface area (Å²) in [6.07, 6.45) is 0.649. The maximum absolute atomic E-state index is 8.51. The Kier molecular flexibility index (Phi) is 6.84. The standard InChI is InChI=1S/C6H16N2O2/c7-5-6(1-3-9)8-2-4-10/h6,8-10H,1-5,7H2. The molecular formula is C6H16N2O2. The molecule has 10 heavy (non-hydrogen) atoms. The number of nitrogens with two attached hydrogens (primary N) is 1. The molecule has 0 bridgehead atoms. The van der Waals surface area contributed by atoms with Crippen LogP contribution in [0.4, 0.5) is 0 Å². The second kappa shape index (κ2) is 6.95. The molecule has 62 valence electrons. The van der Waals surface area contributed by atoms with E-state index in [4.69, 9.17) is 15.9 Å². The third-order valence-electron chi connectivity index (χ3n) is 1.31. The van der Waals surface area contributed by atoms with Crippen LogP contribution >= 0.6 is 0 Å². The third-order valence-corrected chi connectivity index (χ3v) is 1.31. The molecule has 0 rings (SSSR count). The lowest BCUT2D eigenvalue weighted by molar-refractivity contribution is 0.250. The highest BCUT2D eigenvalue weighted by Crippen LogP contribution is 1.85. The smallest absolute Gasteiger partial charge is 0.0556 e. The van der Waals surface area contributed by atoms with Crippen LogP contribution < -0.4 is 11.1 Å². The van der Waals surface area contributed by atoms with Crippen LogP contribution in [0.25, 0.3) is 0 Å². The molecule has 0 aromatic carbocycles. The van der Waals surface area contributed by atoms with Crippen molar-refractivity contribution in [2.24, 2.45) is 5.73 Å². The first kappa shape index (κ1) is 9.84. The van der Waals surface area contributed by atoms with Crippen LogP contribution in [0.15, 0.2) is 0 Å². The van der Waals surface area contributed by atoms with Crippen molar-refractivity contribution < 1.29 is 10.2 Å². The van der Waals surface area contributed by atoms with Crippen LogP contribution in [0, 0.1) is 0 Å². The van der Waals surface area contributed by atoms with Gasteiger partial charge in [-0.3, -0.25) is 0 Å². The molecule has 0 fully saturated rings. The number of rotatable bonds is 6. The zero-order valence-corrected chi connectivity index (χ0v) is 6.08. The molecule has 0 radical (unpaired) electrons. The minimum absolute atomic E-state index is 0.113. The van der Waals surface area contributed by atoms with Gasteiger partial charge in [0.15, 0.2) is 0 Å². The molecule has 1 unspecified atom stereocenters. The van der Waals surface area contributed by atoms with Crippen molar-refractivity contribution in [1.82, 2.24) is 5.32 Å². The van der Waals surface area contributed by atoms with E-state index < -0.39 is 0 Å². The number of hydrogen-bond donors (Lipinski definition) is 4. The monoisotopic (exact) mass is 148 g/mol. The maximum Gasteiger partial charge on any atom is 0.0556 e. The normalized spacial score (nSPS) is 13.5.